The lowest BCUT2D eigenvalue weighted by molar-refractivity contribution is -0.648. The second-order valence-corrected chi connectivity index (χ2v) is 15.9. The Labute approximate surface area is 508 Å². The van der Waals surface area contributed by atoms with Gasteiger partial charge in [0, 0.05) is 0 Å². The predicted molar refractivity (Wildman–Crippen MR) is 166 cm³/mol. The highest BCUT2D eigenvalue weighted by molar-refractivity contribution is 4.85. The van der Waals surface area contributed by atoms with Crippen LogP contribution in [0.5, 0.6) is 0 Å². The van der Waals surface area contributed by atoms with Crippen molar-refractivity contribution in [3.8, 4) is 0 Å². The van der Waals surface area contributed by atoms with Gasteiger partial charge < -0.3 is 10.2 Å². The van der Waals surface area contributed by atoms with Crippen molar-refractivity contribution < 1.29 is 328 Å². The molecule has 73 heteroatoms. The van der Waals surface area contributed by atoms with Crippen LogP contribution < -0.4 is 0 Å². The second-order valence-electron chi connectivity index (χ2n) is 15.9. The average Bonchev–Trinajstić information content (AvgIpc) is 0.750. The Morgan fingerprint density at radius 3 is 0.333 bits per heavy atom. The van der Waals surface area contributed by atoms with E-state index in [4.69, 9.17) is 10.2 Å². The van der Waals surface area contributed by atoms with E-state index in [1.54, 1.807) is 14.2 Å². The van der Waals surface area contributed by atoms with Crippen molar-refractivity contribution in [3.63, 3.8) is 0 Å². The van der Waals surface area contributed by atoms with Crippen molar-refractivity contribution in [1.82, 2.24) is 0 Å². The highest BCUT2D eigenvalue weighted by Crippen LogP contribution is 2.58. The summed E-state index contributed by atoms with van der Waals surface area (Å²) in [6.45, 7) is -6.14. The Balaban J connectivity index is 6.56. The van der Waals surface area contributed by atoms with Crippen LogP contribution in [0.1, 0.15) is 0 Å². The van der Waals surface area contributed by atoms with Gasteiger partial charge >= 0.3 is 166 Å². The number of hydrogen-bond donors (Lipinski definition) is 2. The fraction of sp³-hybridized carbons (Fsp3) is 1.00. The third kappa shape index (κ3) is 25.0. The van der Waals surface area contributed by atoms with Crippen molar-refractivity contribution in [2.75, 3.05) is 13.2 Å². The predicted octanol–water partition coefficient (Wildman–Crippen LogP) is 15.0. The molecule has 0 rings (SSSR count). The molecule has 0 aromatic heterocycles. The van der Waals surface area contributed by atoms with Crippen LogP contribution >= 0.6 is 0 Å². The molecule has 0 aromatic rings. The molecule has 0 aromatic carbocycles. The molecule has 0 spiro atoms. The van der Waals surface area contributed by atoms with E-state index in [2.05, 4.69) is 0 Å². The standard InChI is InChI=1S/C29H6F54O19/c30-3(31,1-84)86-5(34,35)6(36,37)88-7(38,39)8(40,41)89-9(42,43)10(44,45)90-11(46,47)12(48,49)91-13(50,51)14(52,53)92-15(54,55)16(56,57)93-17(58,59)18(60,61)94-19(62,63)20(64,65)95-21(66,67)22(68,69)96-24(72,73)98-26(76,77)100-28(80,81)102-29(82,83)101-27(78,79)99-25(74,75)97-23(70,71)87-4(32,33)2-85/h84-85H,1-2H2. The number of hydrogen-bond acceptors (Lipinski definition) is 19. The number of ether oxygens (including phenoxy) is 17. The molecule has 0 aliphatic rings. The first-order valence-corrected chi connectivity index (χ1v) is 20.7. The normalized spacial score (nSPS) is 16.6. The van der Waals surface area contributed by atoms with Crippen molar-refractivity contribution in [2.45, 2.75) is 166 Å². The van der Waals surface area contributed by atoms with Crippen LogP contribution in [-0.4, -0.2) is 190 Å². The Kier molecular flexibility index (Phi) is 27.0. The minimum absolute atomic E-state index is 0.800. The molecule has 0 unspecified atom stereocenters. The van der Waals surface area contributed by atoms with Gasteiger partial charge in [-0.25, -0.2) is 80.5 Å². The zero-order valence-corrected chi connectivity index (χ0v) is 43.2. The molecule has 19 nitrogen and oxygen atoms in total. The van der Waals surface area contributed by atoms with Gasteiger partial charge in [-0.3, -0.25) is 0 Å². The number of rotatable bonds is 45. The van der Waals surface area contributed by atoms with Gasteiger partial charge in [0.25, 0.3) is 0 Å². The minimum Gasteiger partial charge on any atom is -0.387 e. The van der Waals surface area contributed by atoms with E-state index in [1.165, 1.54) is 18.9 Å². The quantitative estimate of drug-likeness (QED) is 0.0431. The van der Waals surface area contributed by atoms with E-state index in [9.17, 15) is 237 Å². The van der Waals surface area contributed by atoms with E-state index >= 15 is 0 Å². The molecule has 614 valence electrons. The maximum Gasteiger partial charge on any atom is 0.498 e. The van der Waals surface area contributed by atoms with Crippen LogP contribution in [0.2, 0.25) is 0 Å². The summed E-state index contributed by atoms with van der Waals surface area (Å²) in [5, 5.41) is 15.9. The Hall–Kier alpha value is -4.54. The average molecular weight is 1680 g/mol. The molecule has 102 heavy (non-hydrogen) atoms. The smallest absolute Gasteiger partial charge is 0.387 e. The third-order valence-electron chi connectivity index (χ3n) is 7.69. The van der Waals surface area contributed by atoms with Crippen LogP contribution in [0.3, 0.4) is 0 Å². The number of alkyl halides is 54. The molecule has 0 aliphatic heterocycles. The fourth-order valence-corrected chi connectivity index (χ4v) is 3.91. The second kappa shape index (κ2) is 28.2. The van der Waals surface area contributed by atoms with Crippen LogP contribution in [0, 0.1) is 0 Å². The van der Waals surface area contributed by atoms with Crippen LogP contribution in [-0.2, 0) is 80.5 Å². The number of aliphatic hydroxyl groups is 2. The maximum absolute atomic E-state index is 13.8. The van der Waals surface area contributed by atoms with Gasteiger partial charge in [-0.15, -0.1) is 61.5 Å². The molecule has 0 saturated carbocycles. The van der Waals surface area contributed by atoms with E-state index in [1.807, 2.05) is 4.74 Å². The molecule has 0 atom stereocenters. The zero-order chi connectivity index (χ0) is 82.9. The van der Waals surface area contributed by atoms with Crippen molar-refractivity contribution in [2.24, 2.45) is 0 Å². The molecule has 0 bridgehead atoms. The molecule has 0 amide bonds. The topological polar surface area (TPSA) is 197 Å². The molecule has 0 aliphatic carbocycles. The summed E-state index contributed by atoms with van der Waals surface area (Å²) in [4.78, 5) is 0. The highest BCUT2D eigenvalue weighted by Gasteiger charge is 2.84. The first-order valence-electron chi connectivity index (χ1n) is 20.7. The minimum atomic E-state index is -8.96. The Morgan fingerprint density at radius 2 is 0.206 bits per heavy atom. The summed E-state index contributed by atoms with van der Waals surface area (Å²) in [7, 11) is 0. The maximum atomic E-state index is 13.8. The largest absolute Gasteiger partial charge is 0.498 e. The first-order chi connectivity index (χ1) is 43.4. The van der Waals surface area contributed by atoms with Gasteiger partial charge in [0.05, 0.1) is 0 Å². The summed E-state index contributed by atoms with van der Waals surface area (Å²) < 4.78 is 751. The summed E-state index contributed by atoms with van der Waals surface area (Å²) in [6.07, 6.45) is -221. The SMILES string of the molecule is OCC(F)(F)OC(F)(F)OC(F)(F)OC(F)(F)OC(F)(F)OC(F)(F)OC(F)(F)OC(F)(F)OC(F)(F)C(F)(F)OC(F)(F)C(F)(F)OC(F)(F)C(F)(F)OC(F)(F)C(F)(F)OC(F)(F)C(F)(F)OC(F)(F)C(F)(F)OC(F)(F)C(F)(F)OC(F)(F)C(F)(F)OC(F)(F)C(F)(F)OC(F)(F)CO. The zero-order valence-electron chi connectivity index (χ0n) is 43.2. The van der Waals surface area contributed by atoms with E-state index in [0.717, 1.165) is 42.6 Å². The van der Waals surface area contributed by atoms with E-state index in [-0.39, 0.29) is 0 Å². The van der Waals surface area contributed by atoms with E-state index < -0.39 is 179 Å². The molecular weight excluding hydrogens is 1680 g/mol. The van der Waals surface area contributed by atoms with Gasteiger partial charge in [-0.2, -0.15) is 176 Å². The first kappa shape index (κ1) is 97.5. The van der Waals surface area contributed by atoms with Gasteiger partial charge in [0.2, 0.25) is 0 Å². The summed E-state index contributed by atoms with van der Waals surface area (Å²) in [5.74, 6) is 0. The number of aliphatic hydroxyl groups excluding tert-OH is 2. The lowest BCUT2D eigenvalue weighted by Gasteiger charge is -2.37. The lowest BCUT2D eigenvalue weighted by Crippen LogP contribution is -2.63. The number of halogens is 54. The molecule has 0 radical (unpaired) electrons. The lowest BCUT2D eigenvalue weighted by atomic mass is 10.4. The molecule has 2 N–H and O–H groups in total. The van der Waals surface area contributed by atoms with Crippen molar-refractivity contribution >= 4 is 0 Å². The Morgan fingerprint density at radius 1 is 0.118 bits per heavy atom. The van der Waals surface area contributed by atoms with Gasteiger partial charge in [-0.05, 0) is 0 Å². The highest BCUT2D eigenvalue weighted by atomic mass is 19.4. The van der Waals surface area contributed by atoms with Crippen LogP contribution in [0.15, 0.2) is 0 Å². The molecular formula is C29H6F54O19. The molecule has 0 heterocycles. The van der Waals surface area contributed by atoms with E-state index in [0.29, 0.717) is 0 Å². The molecule has 0 saturated heterocycles. The monoisotopic (exact) mass is 1680 g/mol. The summed E-state index contributed by atoms with van der Waals surface area (Å²) >= 11 is 0. The summed E-state index contributed by atoms with van der Waals surface area (Å²) in [6, 6.07) is 0. The van der Waals surface area contributed by atoms with Gasteiger partial charge in [0.15, 0.2) is 0 Å². The summed E-state index contributed by atoms with van der Waals surface area (Å²) in [5.41, 5.74) is 0. The Bertz CT molecular complexity index is 2760. The fourth-order valence-electron chi connectivity index (χ4n) is 3.91. The van der Waals surface area contributed by atoms with Crippen molar-refractivity contribution in [1.29, 1.82) is 0 Å². The van der Waals surface area contributed by atoms with Crippen molar-refractivity contribution in [3.05, 3.63) is 0 Å². The van der Waals surface area contributed by atoms with Gasteiger partial charge in [-0.1, -0.05) is 0 Å². The van der Waals surface area contributed by atoms with Gasteiger partial charge in [0.1, 0.15) is 13.2 Å². The van der Waals surface area contributed by atoms with Crippen LogP contribution in [0.25, 0.3) is 0 Å². The third-order valence-corrected chi connectivity index (χ3v) is 7.69. The van der Waals surface area contributed by atoms with Crippen LogP contribution in [0.4, 0.5) is 237 Å². The molecule has 0 fully saturated rings.